The molecule has 12 heavy (non-hydrogen) atoms. The fraction of sp³-hybridized carbons (Fsp3) is 0.714. The quantitative estimate of drug-likeness (QED) is 0.704. The van der Waals surface area contributed by atoms with Crippen molar-refractivity contribution in [2.24, 2.45) is 0 Å². The van der Waals surface area contributed by atoms with Gasteiger partial charge in [-0.15, -0.1) is 21.8 Å². The van der Waals surface area contributed by atoms with Gasteiger partial charge in [0, 0.05) is 19.0 Å². The lowest BCUT2D eigenvalue weighted by Gasteiger charge is -2.16. The number of hydrogen-bond donors (Lipinski definition) is 0. The van der Waals surface area contributed by atoms with Crippen molar-refractivity contribution in [2.75, 3.05) is 23.9 Å². The maximum atomic E-state index is 5.65. The highest BCUT2D eigenvalue weighted by atomic mass is 35.5. The van der Waals surface area contributed by atoms with Gasteiger partial charge in [0.2, 0.25) is 5.13 Å². The Hall–Kier alpha value is -0.350. The average Bonchev–Trinajstić information content (AvgIpc) is 2.47. The zero-order valence-electron chi connectivity index (χ0n) is 7.25. The Morgan fingerprint density at radius 1 is 1.50 bits per heavy atom. The summed E-state index contributed by atoms with van der Waals surface area (Å²) in [6.45, 7) is 5.81. The van der Waals surface area contributed by atoms with E-state index in [-0.39, 0.29) is 0 Å². The number of aryl methyl sites for hydroxylation is 1. The molecule has 5 heteroatoms. The van der Waals surface area contributed by atoms with Crippen LogP contribution in [0.1, 0.15) is 11.9 Å². The maximum Gasteiger partial charge on any atom is 0.208 e. The van der Waals surface area contributed by atoms with E-state index in [4.69, 9.17) is 11.6 Å². The van der Waals surface area contributed by atoms with E-state index in [1.807, 2.05) is 6.92 Å². The molecule has 1 rings (SSSR count). The molecule has 0 N–H and O–H groups in total. The lowest BCUT2D eigenvalue weighted by Crippen LogP contribution is -2.24. The van der Waals surface area contributed by atoms with Gasteiger partial charge in [0.15, 0.2) is 0 Å². The molecular weight excluding hydrogens is 194 g/mol. The van der Waals surface area contributed by atoms with Gasteiger partial charge in [0.05, 0.1) is 0 Å². The van der Waals surface area contributed by atoms with E-state index >= 15 is 0 Å². The van der Waals surface area contributed by atoms with Crippen LogP contribution in [0.3, 0.4) is 0 Å². The summed E-state index contributed by atoms with van der Waals surface area (Å²) in [7, 11) is 0. The zero-order chi connectivity index (χ0) is 8.97. The molecule has 1 aromatic heterocycles. The van der Waals surface area contributed by atoms with Crippen molar-refractivity contribution < 1.29 is 0 Å². The average molecular weight is 206 g/mol. The summed E-state index contributed by atoms with van der Waals surface area (Å²) in [5.41, 5.74) is 0. The van der Waals surface area contributed by atoms with Crippen molar-refractivity contribution in [1.29, 1.82) is 0 Å². The number of aromatic nitrogens is 2. The molecule has 0 unspecified atom stereocenters. The van der Waals surface area contributed by atoms with E-state index in [1.54, 1.807) is 11.3 Å². The van der Waals surface area contributed by atoms with Crippen LogP contribution in [0.15, 0.2) is 0 Å². The minimum atomic E-state index is 0.631. The molecule has 1 heterocycles. The van der Waals surface area contributed by atoms with Gasteiger partial charge in [-0.25, -0.2) is 0 Å². The predicted octanol–water partition coefficient (Wildman–Crippen LogP) is 1.91. The molecule has 0 radical (unpaired) electrons. The molecule has 3 nitrogen and oxygen atoms in total. The van der Waals surface area contributed by atoms with E-state index in [1.165, 1.54) is 0 Å². The molecule has 0 aromatic carbocycles. The molecule has 0 fully saturated rings. The van der Waals surface area contributed by atoms with Crippen LogP contribution in [0.4, 0.5) is 5.13 Å². The largest absolute Gasteiger partial charge is 0.346 e. The van der Waals surface area contributed by atoms with Gasteiger partial charge in [-0.2, -0.15) is 0 Å². The third-order valence-electron chi connectivity index (χ3n) is 1.52. The summed E-state index contributed by atoms with van der Waals surface area (Å²) < 4.78 is 0. The van der Waals surface area contributed by atoms with E-state index < -0.39 is 0 Å². The third kappa shape index (κ3) is 2.32. The number of nitrogens with zero attached hydrogens (tertiary/aromatic N) is 3. The minimum Gasteiger partial charge on any atom is -0.346 e. The normalized spacial score (nSPS) is 10.2. The van der Waals surface area contributed by atoms with Crippen LogP contribution < -0.4 is 4.90 Å². The van der Waals surface area contributed by atoms with Crippen LogP contribution in [-0.2, 0) is 0 Å². The van der Waals surface area contributed by atoms with Gasteiger partial charge in [0.1, 0.15) is 5.01 Å². The Kier molecular flexibility index (Phi) is 3.75. The molecule has 0 amide bonds. The zero-order valence-corrected chi connectivity index (χ0v) is 8.82. The molecule has 0 aliphatic heterocycles. The Bertz CT molecular complexity index is 238. The molecule has 0 saturated heterocycles. The Morgan fingerprint density at radius 3 is 2.67 bits per heavy atom. The first-order valence-electron chi connectivity index (χ1n) is 3.89. The third-order valence-corrected chi connectivity index (χ3v) is 2.59. The van der Waals surface area contributed by atoms with Crippen molar-refractivity contribution in [1.82, 2.24) is 10.2 Å². The highest BCUT2D eigenvalue weighted by molar-refractivity contribution is 7.15. The minimum absolute atomic E-state index is 0.631. The highest BCUT2D eigenvalue weighted by Crippen LogP contribution is 2.18. The number of hydrogen-bond acceptors (Lipinski definition) is 4. The summed E-state index contributed by atoms with van der Waals surface area (Å²) in [6, 6.07) is 0. The first kappa shape index (κ1) is 9.74. The van der Waals surface area contributed by atoms with Gasteiger partial charge in [-0.05, 0) is 13.8 Å². The van der Waals surface area contributed by atoms with E-state index in [0.717, 1.165) is 23.2 Å². The van der Waals surface area contributed by atoms with Crippen molar-refractivity contribution in [3.05, 3.63) is 5.01 Å². The Labute approximate surface area is 81.4 Å². The molecule has 0 bridgehead atoms. The molecule has 0 saturated carbocycles. The summed E-state index contributed by atoms with van der Waals surface area (Å²) in [4.78, 5) is 2.12. The Balaban J connectivity index is 2.66. The van der Waals surface area contributed by atoms with Crippen LogP contribution in [0, 0.1) is 6.92 Å². The molecule has 0 atom stereocenters. The monoisotopic (exact) mass is 205 g/mol. The van der Waals surface area contributed by atoms with E-state index in [2.05, 4.69) is 22.0 Å². The van der Waals surface area contributed by atoms with Gasteiger partial charge in [-0.1, -0.05) is 11.3 Å². The summed E-state index contributed by atoms with van der Waals surface area (Å²) in [5.74, 6) is 0.631. The van der Waals surface area contributed by atoms with Crippen LogP contribution in [-0.4, -0.2) is 29.2 Å². The number of anilines is 1. The standard InChI is InChI=1S/C7H12ClN3S/c1-3-11(5-4-8)7-10-9-6(2)12-7/h3-5H2,1-2H3. The summed E-state index contributed by atoms with van der Waals surface area (Å²) >= 11 is 7.25. The lowest BCUT2D eigenvalue weighted by atomic mass is 10.6. The Morgan fingerprint density at radius 2 is 2.25 bits per heavy atom. The van der Waals surface area contributed by atoms with Gasteiger partial charge in [0.25, 0.3) is 0 Å². The molecule has 0 spiro atoms. The second-order valence-electron chi connectivity index (χ2n) is 2.37. The smallest absolute Gasteiger partial charge is 0.208 e. The number of alkyl halides is 1. The molecule has 0 aliphatic carbocycles. The van der Waals surface area contributed by atoms with Gasteiger partial charge >= 0.3 is 0 Å². The van der Waals surface area contributed by atoms with E-state index in [9.17, 15) is 0 Å². The van der Waals surface area contributed by atoms with E-state index in [0.29, 0.717) is 5.88 Å². The maximum absolute atomic E-state index is 5.65. The van der Waals surface area contributed by atoms with Gasteiger partial charge in [-0.3, -0.25) is 0 Å². The summed E-state index contributed by atoms with van der Waals surface area (Å²) in [5, 5.41) is 9.96. The van der Waals surface area contributed by atoms with Crippen molar-refractivity contribution in [3.8, 4) is 0 Å². The summed E-state index contributed by atoms with van der Waals surface area (Å²) in [6.07, 6.45) is 0. The SMILES string of the molecule is CCN(CCCl)c1nnc(C)s1. The van der Waals surface area contributed by atoms with Crippen LogP contribution in [0.5, 0.6) is 0 Å². The van der Waals surface area contributed by atoms with Crippen molar-refractivity contribution >= 4 is 28.1 Å². The second kappa shape index (κ2) is 4.62. The van der Waals surface area contributed by atoms with Crippen LogP contribution >= 0.6 is 22.9 Å². The molecule has 68 valence electrons. The topological polar surface area (TPSA) is 29.0 Å². The number of halogens is 1. The number of rotatable bonds is 4. The fourth-order valence-corrected chi connectivity index (χ4v) is 1.89. The predicted molar refractivity (Wildman–Crippen MR) is 53.3 cm³/mol. The fourth-order valence-electron chi connectivity index (χ4n) is 0.905. The van der Waals surface area contributed by atoms with Crippen LogP contribution in [0.25, 0.3) is 0 Å². The van der Waals surface area contributed by atoms with Crippen LogP contribution in [0.2, 0.25) is 0 Å². The van der Waals surface area contributed by atoms with Gasteiger partial charge < -0.3 is 4.90 Å². The highest BCUT2D eigenvalue weighted by Gasteiger charge is 2.07. The second-order valence-corrected chi connectivity index (χ2v) is 3.91. The first-order chi connectivity index (χ1) is 5.77. The first-order valence-corrected chi connectivity index (χ1v) is 5.24. The molecule has 0 aliphatic rings. The molecule has 1 aromatic rings. The van der Waals surface area contributed by atoms with Crippen molar-refractivity contribution in [2.45, 2.75) is 13.8 Å². The van der Waals surface area contributed by atoms with Crippen molar-refractivity contribution in [3.63, 3.8) is 0 Å². The lowest BCUT2D eigenvalue weighted by molar-refractivity contribution is 0.847. The molecular formula is C7H12ClN3S.